The molecule has 196 valence electrons. The summed E-state index contributed by atoms with van der Waals surface area (Å²) in [5.74, 6) is 1.68. The summed E-state index contributed by atoms with van der Waals surface area (Å²) < 4.78 is 12.1. The number of carbonyl (C=O) groups is 1. The van der Waals surface area contributed by atoms with E-state index < -0.39 is 13.7 Å². The maximum atomic E-state index is 13.6. The normalized spacial score (nSPS) is 22.2. The van der Waals surface area contributed by atoms with Crippen LogP contribution < -0.4 is 15.5 Å². The van der Waals surface area contributed by atoms with Gasteiger partial charge in [-0.1, -0.05) is 20.8 Å². The third kappa shape index (κ3) is 4.71. The Balaban J connectivity index is 1.66. The first-order valence-corrected chi connectivity index (χ1v) is 15.4. The van der Waals surface area contributed by atoms with Crippen molar-refractivity contribution < 1.29 is 14.0 Å². The third-order valence-electron chi connectivity index (χ3n) is 7.49. The summed E-state index contributed by atoms with van der Waals surface area (Å²) in [7, 11) is -2.02. The summed E-state index contributed by atoms with van der Waals surface area (Å²) in [6.07, 6.45) is 3.52. The number of anilines is 4. The van der Waals surface area contributed by atoms with Crippen LogP contribution >= 0.6 is 0 Å². The third-order valence-corrected chi connectivity index (χ3v) is 12.0. The zero-order valence-electron chi connectivity index (χ0n) is 22.9. The van der Waals surface area contributed by atoms with Gasteiger partial charge in [-0.25, -0.2) is 19.9 Å². The van der Waals surface area contributed by atoms with Crippen molar-refractivity contribution in [2.45, 2.75) is 90.8 Å². The molecule has 4 rings (SSSR count). The zero-order chi connectivity index (χ0) is 26.6. The molecular weight excluding hydrogens is 474 g/mol. The number of nitrogen functional groups attached to an aromatic ring is 1. The molecule has 1 amide bonds. The summed E-state index contributed by atoms with van der Waals surface area (Å²) in [4.78, 5) is 35.7. The molecule has 4 heterocycles. The van der Waals surface area contributed by atoms with E-state index in [2.05, 4.69) is 53.7 Å². The highest BCUT2D eigenvalue weighted by Gasteiger charge is 2.48. The highest BCUT2D eigenvalue weighted by Crippen LogP contribution is 2.46. The number of morpholine rings is 1. The molecule has 0 aliphatic carbocycles. The molecule has 2 aromatic heterocycles. The number of nitrogens with two attached hydrogens (primary N) is 1. The summed E-state index contributed by atoms with van der Waals surface area (Å²) in [6, 6.07) is 0. The molecule has 1 fully saturated rings. The lowest BCUT2D eigenvalue weighted by Gasteiger charge is -2.35. The Hall–Kier alpha value is -2.63. The molecule has 2 atom stereocenters. The van der Waals surface area contributed by atoms with Crippen molar-refractivity contribution in [2.24, 2.45) is 0 Å². The molecule has 1 saturated heterocycles. The predicted molar refractivity (Wildman–Crippen MR) is 143 cm³/mol. The predicted octanol–water partition coefficient (Wildman–Crippen LogP) is 3.94. The lowest BCUT2D eigenvalue weighted by atomic mass is 9.87. The first-order chi connectivity index (χ1) is 16.6. The Bertz CT molecular complexity index is 1140. The number of hydrogen-bond acceptors (Lipinski definition) is 9. The van der Waals surface area contributed by atoms with Crippen LogP contribution in [0.25, 0.3) is 0 Å². The van der Waals surface area contributed by atoms with E-state index in [-0.39, 0.29) is 29.8 Å². The maximum Gasteiger partial charge on any atom is 0.243 e. The van der Waals surface area contributed by atoms with Gasteiger partial charge in [0.2, 0.25) is 11.9 Å². The minimum absolute atomic E-state index is 0.0500. The topological polar surface area (TPSA) is 120 Å². The quantitative estimate of drug-likeness (QED) is 0.593. The largest absolute Gasteiger partial charge is 0.409 e. The summed E-state index contributed by atoms with van der Waals surface area (Å²) in [6.45, 7) is 20.3. The van der Waals surface area contributed by atoms with Crippen molar-refractivity contribution >= 4 is 37.5 Å². The van der Waals surface area contributed by atoms with Crippen LogP contribution in [0.2, 0.25) is 18.1 Å². The van der Waals surface area contributed by atoms with Gasteiger partial charge in [0.1, 0.15) is 11.6 Å². The lowest BCUT2D eigenvalue weighted by Crippen LogP contribution is -2.46. The molecule has 0 spiro atoms. The van der Waals surface area contributed by atoms with E-state index in [9.17, 15) is 4.79 Å². The molecule has 11 heteroatoms. The SMILES string of the molecule is C[C@@H]1CN(c2ncc(N3C(=O)C(C)(C)c4c(N)nc(CO[Si](C)(C)C(C)(C)C)nc43)cn2)C[C@H](C)O1. The van der Waals surface area contributed by atoms with Gasteiger partial charge in [0, 0.05) is 13.1 Å². The number of fused-ring (bicyclic) bond motifs is 1. The minimum Gasteiger partial charge on any atom is -0.409 e. The zero-order valence-corrected chi connectivity index (χ0v) is 23.9. The van der Waals surface area contributed by atoms with E-state index in [0.29, 0.717) is 47.7 Å². The van der Waals surface area contributed by atoms with Crippen LogP contribution in [0, 0.1) is 0 Å². The lowest BCUT2D eigenvalue weighted by molar-refractivity contribution is -0.121. The highest BCUT2D eigenvalue weighted by atomic mass is 28.4. The summed E-state index contributed by atoms with van der Waals surface area (Å²) >= 11 is 0. The molecule has 0 bridgehead atoms. The Morgan fingerprint density at radius 3 is 2.28 bits per heavy atom. The summed E-state index contributed by atoms with van der Waals surface area (Å²) in [5.41, 5.74) is 6.67. The second-order valence-corrected chi connectivity index (χ2v) is 16.8. The van der Waals surface area contributed by atoms with Gasteiger partial charge in [-0.3, -0.25) is 9.69 Å². The van der Waals surface area contributed by atoms with Crippen LogP contribution in [0.1, 0.15) is 59.9 Å². The minimum atomic E-state index is -2.02. The number of ether oxygens (including phenoxy) is 1. The molecule has 2 N–H and O–H groups in total. The second-order valence-electron chi connectivity index (χ2n) is 11.9. The van der Waals surface area contributed by atoms with Gasteiger partial charge in [0.05, 0.1) is 47.9 Å². The van der Waals surface area contributed by atoms with Crippen LogP contribution in [0.5, 0.6) is 0 Å². The molecular formula is C25H39N7O3Si. The molecule has 10 nitrogen and oxygen atoms in total. The van der Waals surface area contributed by atoms with E-state index >= 15 is 0 Å². The first-order valence-electron chi connectivity index (χ1n) is 12.5. The van der Waals surface area contributed by atoms with Crippen molar-refractivity contribution in [3.63, 3.8) is 0 Å². The van der Waals surface area contributed by atoms with Crippen LogP contribution in [-0.4, -0.2) is 59.5 Å². The highest BCUT2D eigenvalue weighted by molar-refractivity contribution is 6.74. The number of nitrogens with zero attached hydrogens (tertiary/aromatic N) is 6. The molecule has 2 aliphatic heterocycles. The fourth-order valence-corrected chi connectivity index (χ4v) is 5.38. The van der Waals surface area contributed by atoms with Gasteiger partial charge in [0.25, 0.3) is 0 Å². The molecule has 2 aliphatic rings. The van der Waals surface area contributed by atoms with Crippen molar-refractivity contribution in [1.82, 2.24) is 19.9 Å². The number of carbonyl (C=O) groups excluding carboxylic acids is 1. The molecule has 0 saturated carbocycles. The van der Waals surface area contributed by atoms with Crippen LogP contribution in [0.15, 0.2) is 12.4 Å². The fraction of sp³-hybridized carbons (Fsp3) is 0.640. The first kappa shape index (κ1) is 26.4. The number of rotatable bonds is 5. The average Bonchev–Trinajstić information content (AvgIpc) is 2.96. The second kappa shape index (κ2) is 9.04. The van der Waals surface area contributed by atoms with Crippen molar-refractivity contribution in [2.75, 3.05) is 28.6 Å². The molecule has 0 aromatic carbocycles. The smallest absolute Gasteiger partial charge is 0.243 e. The van der Waals surface area contributed by atoms with Crippen molar-refractivity contribution in [3.8, 4) is 0 Å². The van der Waals surface area contributed by atoms with E-state index in [4.69, 9.17) is 19.9 Å². The number of hydrogen-bond donors (Lipinski definition) is 1. The van der Waals surface area contributed by atoms with Gasteiger partial charge in [-0.2, -0.15) is 0 Å². The van der Waals surface area contributed by atoms with Crippen molar-refractivity contribution in [3.05, 3.63) is 23.8 Å². The van der Waals surface area contributed by atoms with Gasteiger partial charge < -0.3 is 19.8 Å². The molecule has 2 aromatic rings. The standard InChI is InChI=1S/C25H39N7O3Si/c1-15-12-31(13-16(2)35-15)23-27-10-17(11-28-23)32-21-19(25(6,7)22(32)33)20(26)29-18(30-21)14-34-36(8,9)24(3,4)5/h10-11,15-16H,12-14H2,1-9H3,(H2,26,29,30)/t15-,16+. The summed E-state index contributed by atoms with van der Waals surface area (Å²) in [5, 5.41) is 0.0500. The monoisotopic (exact) mass is 513 g/mol. The maximum absolute atomic E-state index is 13.6. The van der Waals surface area contributed by atoms with Gasteiger partial charge in [0.15, 0.2) is 14.1 Å². The van der Waals surface area contributed by atoms with Crippen LogP contribution in [0.4, 0.5) is 23.3 Å². The van der Waals surface area contributed by atoms with E-state index in [1.807, 2.05) is 27.7 Å². The van der Waals surface area contributed by atoms with Crippen molar-refractivity contribution in [1.29, 1.82) is 0 Å². The number of aromatic nitrogens is 4. The molecule has 36 heavy (non-hydrogen) atoms. The molecule has 0 unspecified atom stereocenters. The van der Waals surface area contributed by atoms with E-state index in [1.54, 1.807) is 17.3 Å². The van der Waals surface area contributed by atoms with Gasteiger partial charge >= 0.3 is 0 Å². The fourth-order valence-electron chi connectivity index (χ4n) is 4.46. The van der Waals surface area contributed by atoms with Crippen LogP contribution in [0.3, 0.4) is 0 Å². The Labute approximate surface area is 214 Å². The Morgan fingerprint density at radius 1 is 1.14 bits per heavy atom. The Kier molecular flexibility index (Phi) is 6.63. The average molecular weight is 514 g/mol. The Morgan fingerprint density at radius 2 is 1.72 bits per heavy atom. The van der Waals surface area contributed by atoms with E-state index in [0.717, 1.165) is 0 Å². The van der Waals surface area contributed by atoms with Crippen LogP contribution in [-0.2, 0) is 26.0 Å². The van der Waals surface area contributed by atoms with E-state index in [1.165, 1.54) is 0 Å². The number of amides is 1. The van der Waals surface area contributed by atoms with Gasteiger partial charge in [-0.05, 0) is 45.8 Å². The molecule has 0 radical (unpaired) electrons. The van der Waals surface area contributed by atoms with Gasteiger partial charge in [-0.15, -0.1) is 0 Å².